The molecule has 0 aromatic heterocycles. The van der Waals surface area contributed by atoms with Gasteiger partial charge in [0.15, 0.2) is 0 Å². The SMILES string of the molecule is CC(C)CCSCC(=O)NC1CCNCC1C. The van der Waals surface area contributed by atoms with Crippen LogP contribution in [0.4, 0.5) is 0 Å². The Hall–Kier alpha value is -0.220. The Morgan fingerprint density at radius 3 is 2.94 bits per heavy atom. The first kappa shape index (κ1) is 14.8. The van der Waals surface area contributed by atoms with E-state index in [2.05, 4.69) is 31.4 Å². The third kappa shape index (κ3) is 6.32. The lowest BCUT2D eigenvalue weighted by Gasteiger charge is -2.30. The molecule has 0 spiro atoms. The highest BCUT2D eigenvalue weighted by Gasteiger charge is 2.22. The second-order valence-corrected chi connectivity index (χ2v) is 6.48. The van der Waals surface area contributed by atoms with Crippen molar-refractivity contribution in [2.24, 2.45) is 11.8 Å². The molecule has 0 aromatic rings. The zero-order valence-corrected chi connectivity index (χ0v) is 12.1. The fourth-order valence-corrected chi connectivity index (χ4v) is 3.01. The van der Waals surface area contributed by atoms with E-state index >= 15 is 0 Å². The standard InChI is InChI=1S/C13H26N2OS/c1-10(2)5-7-17-9-13(16)15-12-4-6-14-8-11(12)3/h10-12,14H,4-9H2,1-3H3,(H,15,16). The average molecular weight is 258 g/mol. The predicted octanol–water partition coefficient (Wildman–Crippen LogP) is 1.88. The fraction of sp³-hybridized carbons (Fsp3) is 0.923. The molecular formula is C13H26N2OS. The summed E-state index contributed by atoms with van der Waals surface area (Å²) in [6, 6.07) is 0.370. The molecule has 2 atom stereocenters. The molecule has 0 aliphatic carbocycles. The van der Waals surface area contributed by atoms with Crippen LogP contribution in [0.1, 0.15) is 33.6 Å². The van der Waals surface area contributed by atoms with Gasteiger partial charge in [0.2, 0.25) is 5.91 Å². The van der Waals surface area contributed by atoms with E-state index in [0.29, 0.717) is 17.7 Å². The summed E-state index contributed by atoms with van der Waals surface area (Å²) in [7, 11) is 0. The number of hydrogen-bond acceptors (Lipinski definition) is 3. The lowest BCUT2D eigenvalue weighted by Crippen LogP contribution is -2.48. The number of amides is 1. The molecule has 0 aromatic carbocycles. The lowest BCUT2D eigenvalue weighted by molar-refractivity contribution is -0.119. The average Bonchev–Trinajstić information content (AvgIpc) is 2.27. The second-order valence-electron chi connectivity index (χ2n) is 5.38. The van der Waals surface area contributed by atoms with Crippen LogP contribution in [0.2, 0.25) is 0 Å². The second kappa shape index (κ2) is 7.98. The number of piperidine rings is 1. The van der Waals surface area contributed by atoms with Gasteiger partial charge in [-0.3, -0.25) is 4.79 Å². The summed E-state index contributed by atoms with van der Waals surface area (Å²) in [5, 5.41) is 6.50. The Kier molecular flexibility index (Phi) is 6.97. The van der Waals surface area contributed by atoms with Gasteiger partial charge in [-0.05, 0) is 43.5 Å². The third-order valence-corrected chi connectivity index (χ3v) is 4.20. The molecule has 2 N–H and O–H groups in total. The normalized spacial score (nSPS) is 24.9. The molecule has 0 radical (unpaired) electrons. The van der Waals surface area contributed by atoms with Crippen LogP contribution in [0.15, 0.2) is 0 Å². The summed E-state index contributed by atoms with van der Waals surface area (Å²) in [4.78, 5) is 11.7. The topological polar surface area (TPSA) is 41.1 Å². The van der Waals surface area contributed by atoms with Crippen molar-refractivity contribution in [3.63, 3.8) is 0 Å². The summed E-state index contributed by atoms with van der Waals surface area (Å²) in [5.74, 6) is 3.19. The van der Waals surface area contributed by atoms with Crippen molar-refractivity contribution in [3.8, 4) is 0 Å². The van der Waals surface area contributed by atoms with E-state index in [-0.39, 0.29) is 5.91 Å². The van der Waals surface area contributed by atoms with E-state index in [4.69, 9.17) is 0 Å². The van der Waals surface area contributed by atoms with Crippen LogP contribution in [0.5, 0.6) is 0 Å². The fourth-order valence-electron chi connectivity index (χ4n) is 1.96. The number of hydrogen-bond donors (Lipinski definition) is 2. The molecule has 1 heterocycles. The summed E-state index contributed by atoms with van der Waals surface area (Å²) in [6.07, 6.45) is 2.26. The van der Waals surface area contributed by atoms with Gasteiger partial charge in [-0.25, -0.2) is 0 Å². The number of carbonyl (C=O) groups excluding carboxylic acids is 1. The molecule has 1 aliphatic rings. The molecule has 2 unspecified atom stereocenters. The molecule has 3 nitrogen and oxygen atoms in total. The van der Waals surface area contributed by atoms with Gasteiger partial charge in [0.25, 0.3) is 0 Å². The van der Waals surface area contributed by atoms with E-state index in [1.807, 2.05) is 0 Å². The van der Waals surface area contributed by atoms with Crippen molar-refractivity contribution in [2.75, 3.05) is 24.6 Å². The molecule has 17 heavy (non-hydrogen) atoms. The van der Waals surface area contributed by atoms with E-state index in [9.17, 15) is 4.79 Å². The predicted molar refractivity (Wildman–Crippen MR) is 75.4 cm³/mol. The third-order valence-electron chi connectivity index (χ3n) is 3.20. The highest BCUT2D eigenvalue weighted by Crippen LogP contribution is 2.12. The monoisotopic (exact) mass is 258 g/mol. The van der Waals surface area contributed by atoms with Crippen LogP contribution >= 0.6 is 11.8 Å². The summed E-state index contributed by atoms with van der Waals surface area (Å²) in [5.41, 5.74) is 0. The van der Waals surface area contributed by atoms with Crippen molar-refractivity contribution >= 4 is 17.7 Å². The zero-order valence-electron chi connectivity index (χ0n) is 11.3. The molecule has 4 heteroatoms. The molecule has 0 bridgehead atoms. The molecule has 100 valence electrons. The Labute approximate surface area is 109 Å². The van der Waals surface area contributed by atoms with Gasteiger partial charge in [-0.1, -0.05) is 20.8 Å². The van der Waals surface area contributed by atoms with Crippen molar-refractivity contribution in [1.82, 2.24) is 10.6 Å². The lowest BCUT2D eigenvalue weighted by atomic mass is 9.95. The molecule has 1 rings (SSSR count). The van der Waals surface area contributed by atoms with Gasteiger partial charge in [-0.15, -0.1) is 0 Å². The number of thioether (sulfide) groups is 1. The molecule has 1 aliphatic heterocycles. The number of carbonyl (C=O) groups is 1. The van der Waals surface area contributed by atoms with Gasteiger partial charge in [-0.2, -0.15) is 11.8 Å². The van der Waals surface area contributed by atoms with E-state index in [1.165, 1.54) is 6.42 Å². The van der Waals surface area contributed by atoms with E-state index < -0.39 is 0 Å². The first-order chi connectivity index (χ1) is 8.09. The Balaban J connectivity index is 2.11. The maximum Gasteiger partial charge on any atom is 0.230 e. The minimum Gasteiger partial charge on any atom is -0.352 e. The van der Waals surface area contributed by atoms with Crippen LogP contribution in [0.3, 0.4) is 0 Å². The maximum absolute atomic E-state index is 11.7. The first-order valence-electron chi connectivity index (χ1n) is 6.67. The highest BCUT2D eigenvalue weighted by molar-refractivity contribution is 7.99. The Morgan fingerprint density at radius 2 is 2.29 bits per heavy atom. The van der Waals surface area contributed by atoms with Crippen LogP contribution in [-0.2, 0) is 4.79 Å². The number of rotatable bonds is 6. The van der Waals surface area contributed by atoms with Gasteiger partial charge < -0.3 is 10.6 Å². The largest absolute Gasteiger partial charge is 0.352 e. The Morgan fingerprint density at radius 1 is 1.53 bits per heavy atom. The zero-order chi connectivity index (χ0) is 12.7. The van der Waals surface area contributed by atoms with E-state index in [0.717, 1.165) is 31.2 Å². The summed E-state index contributed by atoms with van der Waals surface area (Å²) < 4.78 is 0. The van der Waals surface area contributed by atoms with Crippen LogP contribution in [-0.4, -0.2) is 36.5 Å². The van der Waals surface area contributed by atoms with Gasteiger partial charge in [0.05, 0.1) is 5.75 Å². The van der Waals surface area contributed by atoms with E-state index in [1.54, 1.807) is 11.8 Å². The summed E-state index contributed by atoms with van der Waals surface area (Å²) >= 11 is 1.75. The highest BCUT2D eigenvalue weighted by atomic mass is 32.2. The molecule has 1 amide bonds. The Bertz CT molecular complexity index is 233. The van der Waals surface area contributed by atoms with Gasteiger partial charge in [0.1, 0.15) is 0 Å². The molecule has 1 fully saturated rings. The minimum atomic E-state index is 0.206. The van der Waals surface area contributed by atoms with Gasteiger partial charge in [0, 0.05) is 6.04 Å². The summed E-state index contributed by atoms with van der Waals surface area (Å²) in [6.45, 7) is 8.68. The van der Waals surface area contributed by atoms with Crippen molar-refractivity contribution in [2.45, 2.75) is 39.7 Å². The maximum atomic E-state index is 11.7. The van der Waals surface area contributed by atoms with Crippen molar-refractivity contribution in [1.29, 1.82) is 0 Å². The number of nitrogens with one attached hydrogen (secondary N) is 2. The minimum absolute atomic E-state index is 0.206. The van der Waals surface area contributed by atoms with Crippen molar-refractivity contribution in [3.05, 3.63) is 0 Å². The molecule has 1 saturated heterocycles. The van der Waals surface area contributed by atoms with Crippen LogP contribution in [0.25, 0.3) is 0 Å². The van der Waals surface area contributed by atoms with Crippen LogP contribution in [0, 0.1) is 11.8 Å². The molecule has 0 saturated carbocycles. The first-order valence-corrected chi connectivity index (χ1v) is 7.83. The van der Waals surface area contributed by atoms with Gasteiger partial charge >= 0.3 is 0 Å². The smallest absolute Gasteiger partial charge is 0.230 e. The van der Waals surface area contributed by atoms with Crippen molar-refractivity contribution < 1.29 is 4.79 Å². The van der Waals surface area contributed by atoms with Crippen LogP contribution < -0.4 is 10.6 Å². The quantitative estimate of drug-likeness (QED) is 0.715. The molecular weight excluding hydrogens is 232 g/mol.